The Morgan fingerprint density at radius 2 is 1.75 bits per heavy atom. The normalized spacial score (nSPS) is 32.0. The summed E-state index contributed by atoms with van der Waals surface area (Å²) in [6.45, 7) is 0.705. The molecule has 7 aliphatic rings. The number of aliphatic imine (C=N–C) groups is 2. The van der Waals surface area contributed by atoms with E-state index in [1.165, 1.54) is 33.7 Å². The van der Waals surface area contributed by atoms with Crippen LogP contribution in [0.3, 0.4) is 0 Å². The molecule has 0 aromatic heterocycles. The van der Waals surface area contributed by atoms with E-state index in [-0.39, 0.29) is 6.04 Å². The highest BCUT2D eigenvalue weighted by Crippen LogP contribution is 2.40. The first-order valence-electron chi connectivity index (χ1n) is 13.4. The Morgan fingerprint density at radius 3 is 2.64 bits per heavy atom. The topological polar surface area (TPSA) is 48.8 Å². The smallest absolute Gasteiger partial charge is 0.133 e. The minimum absolute atomic E-state index is 0.180. The zero-order valence-corrected chi connectivity index (χ0v) is 20.5. The van der Waals surface area contributed by atoms with Gasteiger partial charge in [-0.15, -0.1) is 0 Å². The number of rotatable bonds is 3. The molecule has 0 radical (unpaired) electrons. The summed E-state index contributed by atoms with van der Waals surface area (Å²) in [4.78, 5) is 10.4. The van der Waals surface area contributed by atoms with Crippen molar-refractivity contribution in [2.45, 2.75) is 38.1 Å². The maximum Gasteiger partial charge on any atom is 0.133 e. The molecular formula is C32H32N4. The van der Waals surface area contributed by atoms with E-state index in [4.69, 9.17) is 9.98 Å². The van der Waals surface area contributed by atoms with Gasteiger partial charge in [-0.3, -0.25) is 9.98 Å². The van der Waals surface area contributed by atoms with Crippen molar-refractivity contribution in [2.75, 3.05) is 6.54 Å². The number of hydrogen-bond donors (Lipinski definition) is 2. The van der Waals surface area contributed by atoms with E-state index in [0.717, 1.165) is 43.8 Å². The second-order valence-electron chi connectivity index (χ2n) is 10.4. The lowest BCUT2D eigenvalue weighted by molar-refractivity contribution is 0.522. The van der Waals surface area contributed by atoms with E-state index in [9.17, 15) is 0 Å². The van der Waals surface area contributed by atoms with Gasteiger partial charge in [0.2, 0.25) is 0 Å². The number of nitrogens with zero attached hydrogens (tertiary/aromatic N) is 2. The van der Waals surface area contributed by atoms with Crippen LogP contribution in [0.5, 0.6) is 0 Å². The van der Waals surface area contributed by atoms with E-state index in [0.29, 0.717) is 24.3 Å². The Morgan fingerprint density at radius 1 is 0.833 bits per heavy atom. The molecule has 0 aromatic carbocycles. The Balaban J connectivity index is 1.21. The fourth-order valence-electron chi connectivity index (χ4n) is 6.39. The van der Waals surface area contributed by atoms with Crippen molar-refractivity contribution >= 4 is 11.7 Å². The molecule has 0 aromatic rings. The fourth-order valence-corrected chi connectivity index (χ4v) is 6.39. The summed E-state index contributed by atoms with van der Waals surface area (Å²) < 4.78 is 0. The van der Waals surface area contributed by atoms with Crippen molar-refractivity contribution < 1.29 is 0 Å². The molecule has 7 rings (SSSR count). The predicted molar refractivity (Wildman–Crippen MR) is 148 cm³/mol. The summed E-state index contributed by atoms with van der Waals surface area (Å²) in [5.74, 6) is 3.24. The third-order valence-electron chi connectivity index (χ3n) is 8.27. The van der Waals surface area contributed by atoms with Crippen molar-refractivity contribution in [1.29, 1.82) is 0 Å². The van der Waals surface area contributed by atoms with Crippen LogP contribution in [0.15, 0.2) is 129 Å². The molecule has 0 spiro atoms. The molecule has 0 amide bonds. The van der Waals surface area contributed by atoms with Crippen LogP contribution in [0, 0.1) is 17.8 Å². The Labute approximate surface area is 213 Å². The van der Waals surface area contributed by atoms with E-state index in [1.807, 2.05) is 0 Å². The van der Waals surface area contributed by atoms with E-state index >= 15 is 0 Å². The summed E-state index contributed by atoms with van der Waals surface area (Å²) in [5.41, 5.74) is 7.86. The van der Waals surface area contributed by atoms with Crippen LogP contribution in [-0.4, -0.2) is 24.3 Å². The lowest BCUT2D eigenvalue weighted by atomic mass is 9.78. The first-order chi connectivity index (χ1) is 17.8. The Hall–Kier alpha value is -3.66. The van der Waals surface area contributed by atoms with Gasteiger partial charge in [0.1, 0.15) is 11.7 Å². The van der Waals surface area contributed by atoms with Gasteiger partial charge in [-0.05, 0) is 37.7 Å². The second kappa shape index (κ2) is 9.09. The number of allylic oxidation sites excluding steroid dienone is 13. The molecule has 36 heavy (non-hydrogen) atoms. The maximum atomic E-state index is 5.32. The summed E-state index contributed by atoms with van der Waals surface area (Å²) in [6.07, 6.45) is 36.7. The fraction of sp³-hybridized carbons (Fsp3) is 0.312. The van der Waals surface area contributed by atoms with Crippen LogP contribution in [0.25, 0.3) is 0 Å². The Kier molecular flexibility index (Phi) is 5.46. The van der Waals surface area contributed by atoms with Crippen LogP contribution in [0.4, 0.5) is 0 Å². The molecule has 2 heterocycles. The number of amidine groups is 2. The monoisotopic (exact) mass is 472 g/mol. The van der Waals surface area contributed by atoms with Gasteiger partial charge >= 0.3 is 0 Å². The maximum absolute atomic E-state index is 5.32. The van der Waals surface area contributed by atoms with Crippen LogP contribution in [0.1, 0.15) is 32.1 Å². The Bertz CT molecular complexity index is 1350. The van der Waals surface area contributed by atoms with Gasteiger partial charge < -0.3 is 10.6 Å². The van der Waals surface area contributed by atoms with Crippen LogP contribution >= 0.6 is 0 Å². The van der Waals surface area contributed by atoms with Crippen molar-refractivity contribution in [3.8, 4) is 0 Å². The zero-order chi connectivity index (χ0) is 23.9. The molecule has 4 heteroatoms. The minimum atomic E-state index is 0.180. The van der Waals surface area contributed by atoms with E-state index < -0.39 is 0 Å². The van der Waals surface area contributed by atoms with Gasteiger partial charge in [-0.2, -0.15) is 0 Å². The average molecular weight is 473 g/mol. The van der Waals surface area contributed by atoms with E-state index in [2.05, 4.69) is 95.7 Å². The van der Waals surface area contributed by atoms with Crippen LogP contribution < -0.4 is 10.6 Å². The summed E-state index contributed by atoms with van der Waals surface area (Å²) in [5, 5.41) is 7.57. The predicted octanol–water partition coefficient (Wildman–Crippen LogP) is 5.92. The van der Waals surface area contributed by atoms with Gasteiger partial charge in [0.25, 0.3) is 0 Å². The average Bonchev–Trinajstić information content (AvgIpc) is 2.97. The van der Waals surface area contributed by atoms with E-state index in [1.54, 1.807) is 0 Å². The third-order valence-corrected chi connectivity index (χ3v) is 8.27. The molecule has 2 N–H and O–H groups in total. The summed E-state index contributed by atoms with van der Waals surface area (Å²) in [7, 11) is 0. The van der Waals surface area contributed by atoms with Crippen LogP contribution in [0.2, 0.25) is 0 Å². The number of nitrogens with one attached hydrogen (secondary N) is 2. The van der Waals surface area contributed by atoms with Crippen LogP contribution in [-0.2, 0) is 0 Å². The third kappa shape index (κ3) is 3.76. The number of hydrogen-bond acceptors (Lipinski definition) is 4. The molecule has 0 saturated heterocycles. The number of fused-ring (bicyclic) bond motifs is 2. The van der Waals surface area contributed by atoms with Crippen molar-refractivity contribution in [3.05, 3.63) is 119 Å². The standard InChI is InChI=1S/C32H32N4/c1-3-11-22(12-4-1)29-26-18-19-28-27(30(26)36-31(35-29)23-13-5-2-6-14-23)20-33-32(34-28)25-17-9-15-21-10-7-8-16-24(21)25/h1,3-5,7-11,13-17,21-22,24,29H,2,6,12,18-20H2,(H,33,34)(H,35,36). The van der Waals surface area contributed by atoms with Gasteiger partial charge in [-0.25, -0.2) is 0 Å². The molecule has 0 fully saturated rings. The molecule has 180 valence electrons. The second-order valence-corrected chi connectivity index (χ2v) is 10.4. The zero-order valence-electron chi connectivity index (χ0n) is 20.5. The SMILES string of the molecule is C1=CCC(C2N=C(C3=CCCC=C3)NC3=C2CCC2=C3CN=C(C3=CC=CC4C=CC=CC34)N2)C=C1. The highest BCUT2D eigenvalue weighted by molar-refractivity contribution is 6.04. The van der Waals surface area contributed by atoms with Crippen molar-refractivity contribution in [2.24, 2.45) is 27.7 Å². The molecule has 2 aliphatic heterocycles. The van der Waals surface area contributed by atoms with Gasteiger partial charge in [-0.1, -0.05) is 85.1 Å². The first kappa shape index (κ1) is 21.6. The summed E-state index contributed by atoms with van der Waals surface area (Å²) in [6, 6.07) is 0.180. The lowest BCUT2D eigenvalue weighted by Crippen LogP contribution is -2.42. The molecule has 0 saturated carbocycles. The van der Waals surface area contributed by atoms with Gasteiger partial charge in [0.05, 0.1) is 12.6 Å². The van der Waals surface area contributed by atoms with Crippen molar-refractivity contribution in [1.82, 2.24) is 10.6 Å². The highest BCUT2D eigenvalue weighted by atomic mass is 15.1. The molecule has 4 nitrogen and oxygen atoms in total. The summed E-state index contributed by atoms with van der Waals surface area (Å²) >= 11 is 0. The highest BCUT2D eigenvalue weighted by Gasteiger charge is 2.36. The van der Waals surface area contributed by atoms with Gasteiger partial charge in [0, 0.05) is 45.9 Å². The quantitative estimate of drug-likeness (QED) is 0.535. The molecule has 4 unspecified atom stereocenters. The molecular weight excluding hydrogens is 440 g/mol. The molecule has 5 aliphatic carbocycles. The first-order valence-corrected chi connectivity index (χ1v) is 13.4. The largest absolute Gasteiger partial charge is 0.343 e. The molecule has 0 bridgehead atoms. The van der Waals surface area contributed by atoms with Gasteiger partial charge in [0.15, 0.2) is 0 Å². The molecule has 4 atom stereocenters. The minimum Gasteiger partial charge on any atom is -0.343 e. The lowest BCUT2D eigenvalue weighted by Gasteiger charge is -2.38. The van der Waals surface area contributed by atoms with Crippen molar-refractivity contribution in [3.63, 3.8) is 0 Å².